The highest BCUT2D eigenvalue weighted by Crippen LogP contribution is 2.40. The molecule has 0 aliphatic rings. The third kappa shape index (κ3) is 6.06. The Morgan fingerprint density at radius 2 is 1.55 bits per heavy atom. The molecule has 0 radical (unpaired) electrons. The van der Waals surface area contributed by atoms with Crippen LogP contribution in [-0.2, 0) is 11.2 Å². The number of rotatable bonds is 9. The topological polar surface area (TPSA) is 104 Å². The van der Waals surface area contributed by atoms with E-state index in [0.717, 1.165) is 18.2 Å². The van der Waals surface area contributed by atoms with Crippen molar-refractivity contribution in [3.05, 3.63) is 89.8 Å². The normalized spacial score (nSPS) is 10.6. The van der Waals surface area contributed by atoms with Gasteiger partial charge in [-0.3, -0.25) is 9.59 Å². The fraction of sp³-hybridized carbons (Fsp3) is 0.148. The summed E-state index contributed by atoms with van der Waals surface area (Å²) in [5.41, 5.74) is 1.94. The van der Waals surface area contributed by atoms with E-state index in [4.69, 9.17) is 14.2 Å². The van der Waals surface area contributed by atoms with Gasteiger partial charge in [0.15, 0.2) is 11.5 Å². The lowest BCUT2D eigenvalue weighted by atomic mass is 10.1. The first-order valence-electron chi connectivity index (χ1n) is 11.3. The Labute approximate surface area is 216 Å². The van der Waals surface area contributed by atoms with Crippen molar-refractivity contribution < 1.29 is 32.6 Å². The summed E-state index contributed by atoms with van der Waals surface area (Å²) in [4.78, 5) is 25.3. The Balaban J connectivity index is 1.46. The van der Waals surface area contributed by atoms with Crippen LogP contribution in [0.5, 0.6) is 17.2 Å². The standard InChI is InChI=1S/C27H24F2N4O5/c1-36-23-12-20(13-24(37-2)26(23)38-3)32-27(35)17-5-4-6-22(10-17)33-15-21(14-30-33)31-25(34)9-16-7-18(28)11-19(29)8-16/h4-8,10-15H,9H2,1-3H3,(H,31,34)(H,32,35). The van der Waals surface area contributed by atoms with Crippen molar-refractivity contribution in [2.75, 3.05) is 32.0 Å². The first kappa shape index (κ1) is 26.1. The first-order valence-corrected chi connectivity index (χ1v) is 11.3. The Bertz CT molecular complexity index is 1440. The number of carbonyl (C=O) groups is 2. The quantitative estimate of drug-likeness (QED) is 0.333. The second kappa shape index (κ2) is 11.4. The monoisotopic (exact) mass is 522 g/mol. The summed E-state index contributed by atoms with van der Waals surface area (Å²) in [7, 11) is 4.45. The van der Waals surface area contributed by atoms with E-state index in [1.54, 1.807) is 42.6 Å². The lowest BCUT2D eigenvalue weighted by Crippen LogP contribution is -2.14. The van der Waals surface area contributed by atoms with Crippen LogP contribution in [0, 0.1) is 11.6 Å². The number of ether oxygens (including phenoxy) is 3. The van der Waals surface area contributed by atoms with Gasteiger partial charge in [0.25, 0.3) is 5.91 Å². The maximum Gasteiger partial charge on any atom is 0.255 e. The van der Waals surface area contributed by atoms with Crippen molar-refractivity contribution in [3.8, 4) is 22.9 Å². The first-order chi connectivity index (χ1) is 18.3. The second-order valence-electron chi connectivity index (χ2n) is 8.09. The molecule has 1 aromatic heterocycles. The molecule has 0 aliphatic heterocycles. The number of aromatic nitrogens is 2. The van der Waals surface area contributed by atoms with Crippen LogP contribution in [-0.4, -0.2) is 42.9 Å². The van der Waals surface area contributed by atoms with Crippen LogP contribution in [0.4, 0.5) is 20.2 Å². The third-order valence-corrected chi connectivity index (χ3v) is 5.45. The Morgan fingerprint density at radius 1 is 0.868 bits per heavy atom. The number of hydrogen-bond donors (Lipinski definition) is 2. The van der Waals surface area contributed by atoms with E-state index in [9.17, 15) is 18.4 Å². The summed E-state index contributed by atoms with van der Waals surface area (Å²) in [6, 6.07) is 12.9. The number of methoxy groups -OCH3 is 3. The van der Waals surface area contributed by atoms with Crippen LogP contribution in [0.3, 0.4) is 0 Å². The van der Waals surface area contributed by atoms with Crippen molar-refractivity contribution in [1.29, 1.82) is 0 Å². The molecule has 0 saturated heterocycles. The molecular weight excluding hydrogens is 498 g/mol. The van der Waals surface area contributed by atoms with Crippen molar-refractivity contribution in [2.45, 2.75) is 6.42 Å². The van der Waals surface area contributed by atoms with Crippen LogP contribution >= 0.6 is 0 Å². The number of halogens is 2. The van der Waals surface area contributed by atoms with Crippen LogP contribution in [0.25, 0.3) is 5.69 Å². The molecule has 11 heteroatoms. The minimum Gasteiger partial charge on any atom is -0.493 e. The smallest absolute Gasteiger partial charge is 0.255 e. The summed E-state index contributed by atoms with van der Waals surface area (Å²) in [5, 5.41) is 9.67. The number of benzene rings is 3. The molecule has 0 spiro atoms. The zero-order chi connectivity index (χ0) is 27.2. The highest BCUT2D eigenvalue weighted by Gasteiger charge is 2.16. The minimum atomic E-state index is -0.755. The van der Waals surface area contributed by atoms with Crippen LogP contribution < -0.4 is 24.8 Å². The van der Waals surface area contributed by atoms with Gasteiger partial charge in [-0.05, 0) is 35.9 Å². The summed E-state index contributed by atoms with van der Waals surface area (Å²) in [5.74, 6) is -1.17. The van der Waals surface area contributed by atoms with Crippen molar-refractivity contribution in [3.63, 3.8) is 0 Å². The Kier molecular flexibility index (Phi) is 7.86. The van der Waals surface area contributed by atoms with Gasteiger partial charge in [0.2, 0.25) is 11.7 Å². The molecule has 2 N–H and O–H groups in total. The Hall–Kier alpha value is -4.93. The molecule has 4 rings (SSSR count). The van der Waals surface area contributed by atoms with E-state index < -0.39 is 17.5 Å². The highest BCUT2D eigenvalue weighted by molar-refractivity contribution is 6.05. The SMILES string of the molecule is COc1cc(NC(=O)c2cccc(-n3cc(NC(=O)Cc4cc(F)cc(F)c4)cn3)c2)cc(OC)c1OC. The zero-order valence-corrected chi connectivity index (χ0v) is 20.7. The summed E-state index contributed by atoms with van der Waals surface area (Å²) < 4.78 is 44.2. The number of nitrogens with zero attached hydrogens (tertiary/aromatic N) is 2. The zero-order valence-electron chi connectivity index (χ0n) is 20.7. The molecule has 9 nitrogen and oxygen atoms in total. The minimum absolute atomic E-state index is 0.207. The van der Waals surface area contributed by atoms with Gasteiger partial charge in [-0.25, -0.2) is 13.5 Å². The predicted octanol–water partition coefficient (Wildman–Crippen LogP) is 4.61. The third-order valence-electron chi connectivity index (χ3n) is 5.45. The molecule has 1 heterocycles. The average molecular weight is 523 g/mol. The van der Waals surface area contributed by atoms with Crippen molar-refractivity contribution >= 4 is 23.2 Å². The van der Waals surface area contributed by atoms with Gasteiger partial charge in [0.1, 0.15) is 11.6 Å². The maximum atomic E-state index is 13.4. The van der Waals surface area contributed by atoms with E-state index in [0.29, 0.717) is 39.9 Å². The molecular formula is C27H24F2N4O5. The lowest BCUT2D eigenvalue weighted by molar-refractivity contribution is -0.115. The number of anilines is 2. The summed E-state index contributed by atoms with van der Waals surface area (Å²) in [6.07, 6.45) is 2.77. The molecule has 4 aromatic rings. The van der Waals surface area contributed by atoms with E-state index in [1.807, 2.05) is 0 Å². The molecule has 0 aliphatic carbocycles. The van der Waals surface area contributed by atoms with Gasteiger partial charge >= 0.3 is 0 Å². The molecule has 38 heavy (non-hydrogen) atoms. The molecule has 0 unspecified atom stereocenters. The average Bonchev–Trinajstić information content (AvgIpc) is 3.35. The second-order valence-corrected chi connectivity index (χ2v) is 8.09. The summed E-state index contributed by atoms with van der Waals surface area (Å²) in [6.45, 7) is 0. The molecule has 0 fully saturated rings. The predicted molar refractivity (Wildman–Crippen MR) is 136 cm³/mol. The fourth-order valence-electron chi connectivity index (χ4n) is 3.78. The van der Waals surface area contributed by atoms with Crippen LogP contribution in [0.2, 0.25) is 0 Å². The van der Waals surface area contributed by atoms with E-state index in [2.05, 4.69) is 15.7 Å². The largest absolute Gasteiger partial charge is 0.493 e. The molecule has 196 valence electrons. The van der Waals surface area contributed by atoms with E-state index >= 15 is 0 Å². The molecule has 0 bridgehead atoms. The van der Waals surface area contributed by atoms with E-state index in [1.165, 1.54) is 32.2 Å². The van der Waals surface area contributed by atoms with Crippen LogP contribution in [0.15, 0.2) is 67.0 Å². The van der Waals surface area contributed by atoms with Gasteiger partial charge < -0.3 is 24.8 Å². The van der Waals surface area contributed by atoms with Gasteiger partial charge in [-0.1, -0.05) is 6.07 Å². The number of hydrogen-bond acceptors (Lipinski definition) is 6. The van der Waals surface area contributed by atoms with Gasteiger partial charge in [0, 0.05) is 29.4 Å². The molecule has 0 atom stereocenters. The van der Waals surface area contributed by atoms with Crippen molar-refractivity contribution in [2.24, 2.45) is 0 Å². The number of carbonyl (C=O) groups excluding carboxylic acids is 2. The van der Waals surface area contributed by atoms with Crippen molar-refractivity contribution in [1.82, 2.24) is 9.78 Å². The van der Waals surface area contributed by atoms with Gasteiger partial charge in [0.05, 0.1) is 51.5 Å². The summed E-state index contributed by atoms with van der Waals surface area (Å²) >= 11 is 0. The molecule has 2 amide bonds. The number of amides is 2. The van der Waals surface area contributed by atoms with Gasteiger partial charge in [-0.15, -0.1) is 0 Å². The molecule has 3 aromatic carbocycles. The van der Waals surface area contributed by atoms with Gasteiger partial charge in [-0.2, -0.15) is 5.10 Å². The fourth-order valence-corrected chi connectivity index (χ4v) is 3.78. The van der Waals surface area contributed by atoms with E-state index in [-0.39, 0.29) is 17.9 Å². The lowest BCUT2D eigenvalue weighted by Gasteiger charge is -2.14. The highest BCUT2D eigenvalue weighted by atomic mass is 19.1. The number of nitrogens with one attached hydrogen (secondary N) is 2. The van der Waals surface area contributed by atoms with Crippen LogP contribution in [0.1, 0.15) is 15.9 Å². The Morgan fingerprint density at radius 3 is 2.18 bits per heavy atom. The molecule has 0 saturated carbocycles. The maximum absolute atomic E-state index is 13.4.